The molecule has 27 heavy (non-hydrogen) atoms. The first-order valence-corrected chi connectivity index (χ1v) is 8.81. The smallest absolute Gasteiger partial charge is 0.224 e. The molecule has 3 rings (SSSR count). The molecule has 0 saturated carbocycles. The molecule has 1 atom stereocenters. The van der Waals surface area contributed by atoms with E-state index in [1.54, 1.807) is 24.4 Å². The maximum absolute atomic E-state index is 13.3. The Bertz CT molecular complexity index is 900. The summed E-state index contributed by atoms with van der Waals surface area (Å²) < 4.78 is 19.0. The number of benzene rings is 2. The highest BCUT2D eigenvalue weighted by molar-refractivity contribution is 5.76. The topological polar surface area (TPSA) is 51.2 Å². The van der Waals surface area contributed by atoms with E-state index < -0.39 is 0 Å². The van der Waals surface area contributed by atoms with E-state index in [1.165, 1.54) is 12.1 Å². The summed E-state index contributed by atoms with van der Waals surface area (Å²) in [6, 6.07) is 19.4. The molecule has 2 aromatic carbocycles. The van der Waals surface area contributed by atoms with E-state index in [0.717, 1.165) is 11.1 Å². The number of hydrogen-bond donors (Lipinski definition) is 1. The first kappa shape index (κ1) is 18.6. The fourth-order valence-electron chi connectivity index (χ4n) is 2.74. The van der Waals surface area contributed by atoms with Crippen molar-refractivity contribution in [3.63, 3.8) is 0 Å². The summed E-state index contributed by atoms with van der Waals surface area (Å²) in [4.78, 5) is 16.5. The highest BCUT2D eigenvalue weighted by atomic mass is 19.1. The minimum atomic E-state index is -0.381. The van der Waals surface area contributed by atoms with E-state index in [1.807, 2.05) is 43.3 Å². The van der Waals surface area contributed by atoms with Crippen LogP contribution in [0.1, 0.15) is 30.4 Å². The van der Waals surface area contributed by atoms with Crippen LogP contribution in [0.3, 0.4) is 0 Å². The minimum absolute atomic E-state index is 0.0492. The summed E-state index contributed by atoms with van der Waals surface area (Å²) in [5, 5.41) is 2.90. The number of rotatable bonds is 7. The average molecular weight is 364 g/mol. The van der Waals surface area contributed by atoms with Crippen LogP contribution in [0.25, 0.3) is 0 Å². The van der Waals surface area contributed by atoms with Gasteiger partial charge in [-0.05, 0) is 29.7 Å². The molecule has 1 N–H and O–H groups in total. The van der Waals surface area contributed by atoms with Gasteiger partial charge in [0.05, 0.1) is 0 Å². The molecule has 1 amide bonds. The average Bonchev–Trinajstić information content (AvgIpc) is 2.68. The predicted octanol–water partition coefficient (Wildman–Crippen LogP) is 4.82. The minimum Gasteiger partial charge on any atom is -0.439 e. The van der Waals surface area contributed by atoms with Gasteiger partial charge in [0.25, 0.3) is 0 Å². The van der Waals surface area contributed by atoms with E-state index in [4.69, 9.17) is 4.74 Å². The number of aromatic nitrogens is 1. The Balaban J connectivity index is 1.60. The van der Waals surface area contributed by atoms with Crippen LogP contribution in [0.5, 0.6) is 11.6 Å². The normalized spacial score (nSPS) is 11.6. The SMILES string of the molecule is C[C@H](CC(=O)NCc1cccnc1Oc1cccc(F)c1)c1ccccc1. The molecule has 0 unspecified atom stereocenters. The van der Waals surface area contributed by atoms with Crippen molar-refractivity contribution < 1.29 is 13.9 Å². The van der Waals surface area contributed by atoms with Crippen molar-refractivity contribution in [2.24, 2.45) is 0 Å². The van der Waals surface area contributed by atoms with Crippen LogP contribution in [-0.2, 0) is 11.3 Å². The third-order valence-corrected chi connectivity index (χ3v) is 4.20. The maximum atomic E-state index is 13.3. The zero-order valence-corrected chi connectivity index (χ0v) is 15.1. The second-order valence-electron chi connectivity index (χ2n) is 6.32. The summed E-state index contributed by atoms with van der Waals surface area (Å²) in [5.41, 5.74) is 1.85. The van der Waals surface area contributed by atoms with Gasteiger partial charge in [0.15, 0.2) is 0 Å². The Morgan fingerprint density at radius 2 is 1.93 bits per heavy atom. The van der Waals surface area contributed by atoms with Gasteiger partial charge in [0.1, 0.15) is 11.6 Å². The van der Waals surface area contributed by atoms with Gasteiger partial charge in [-0.2, -0.15) is 0 Å². The van der Waals surface area contributed by atoms with E-state index in [0.29, 0.717) is 24.6 Å². The van der Waals surface area contributed by atoms with Crippen LogP contribution in [0.4, 0.5) is 4.39 Å². The lowest BCUT2D eigenvalue weighted by atomic mass is 9.97. The van der Waals surface area contributed by atoms with Crippen molar-refractivity contribution >= 4 is 5.91 Å². The first-order chi connectivity index (χ1) is 13.1. The van der Waals surface area contributed by atoms with E-state index >= 15 is 0 Å². The molecule has 0 aliphatic rings. The Labute approximate surface area is 158 Å². The molecular formula is C22H21FN2O2. The summed E-state index contributed by atoms with van der Waals surface area (Å²) in [6.07, 6.45) is 1.99. The molecule has 4 nitrogen and oxygen atoms in total. The number of amides is 1. The van der Waals surface area contributed by atoms with Crippen molar-refractivity contribution in [1.29, 1.82) is 0 Å². The van der Waals surface area contributed by atoms with Gasteiger partial charge < -0.3 is 10.1 Å². The lowest BCUT2D eigenvalue weighted by Crippen LogP contribution is -2.24. The number of carbonyl (C=O) groups excluding carboxylic acids is 1. The number of ether oxygens (including phenoxy) is 1. The Kier molecular flexibility index (Phi) is 6.15. The number of hydrogen-bond acceptors (Lipinski definition) is 3. The van der Waals surface area contributed by atoms with Gasteiger partial charge in [-0.3, -0.25) is 4.79 Å². The summed E-state index contributed by atoms with van der Waals surface area (Å²) in [6.45, 7) is 2.32. The number of nitrogens with one attached hydrogen (secondary N) is 1. The molecule has 138 valence electrons. The van der Waals surface area contributed by atoms with Crippen molar-refractivity contribution in [2.45, 2.75) is 25.8 Å². The van der Waals surface area contributed by atoms with Crippen LogP contribution in [0, 0.1) is 5.82 Å². The fraction of sp³-hybridized carbons (Fsp3) is 0.182. The molecule has 0 radical (unpaired) electrons. The third-order valence-electron chi connectivity index (χ3n) is 4.20. The summed E-state index contributed by atoms with van der Waals surface area (Å²) in [5.74, 6) is 0.404. The molecule has 0 spiro atoms. The van der Waals surface area contributed by atoms with Gasteiger partial charge >= 0.3 is 0 Å². The maximum Gasteiger partial charge on any atom is 0.224 e. The molecule has 0 aliphatic carbocycles. The highest BCUT2D eigenvalue weighted by Gasteiger charge is 2.12. The van der Waals surface area contributed by atoms with Crippen LogP contribution >= 0.6 is 0 Å². The van der Waals surface area contributed by atoms with Gasteiger partial charge in [-0.1, -0.05) is 49.4 Å². The number of carbonyl (C=O) groups is 1. The van der Waals surface area contributed by atoms with Crippen molar-refractivity contribution in [3.8, 4) is 11.6 Å². The standard InChI is InChI=1S/C22H21FN2O2/c1-16(17-7-3-2-4-8-17)13-21(26)25-15-18-9-6-12-24-22(18)27-20-11-5-10-19(23)14-20/h2-12,14,16H,13,15H2,1H3,(H,25,26)/t16-/m1/s1. The third kappa shape index (κ3) is 5.38. The Morgan fingerprint density at radius 1 is 1.11 bits per heavy atom. The lowest BCUT2D eigenvalue weighted by molar-refractivity contribution is -0.121. The first-order valence-electron chi connectivity index (χ1n) is 8.81. The van der Waals surface area contributed by atoms with Gasteiger partial charge in [-0.15, -0.1) is 0 Å². The van der Waals surface area contributed by atoms with E-state index in [-0.39, 0.29) is 17.6 Å². The second kappa shape index (κ2) is 8.94. The summed E-state index contributed by atoms with van der Waals surface area (Å²) in [7, 11) is 0. The lowest BCUT2D eigenvalue weighted by Gasteiger charge is -2.13. The molecule has 0 aliphatic heterocycles. The van der Waals surface area contributed by atoms with Gasteiger partial charge in [0, 0.05) is 30.8 Å². The monoisotopic (exact) mass is 364 g/mol. The van der Waals surface area contributed by atoms with Crippen LogP contribution in [-0.4, -0.2) is 10.9 Å². The predicted molar refractivity (Wildman–Crippen MR) is 102 cm³/mol. The molecule has 0 bridgehead atoms. The number of pyridine rings is 1. The van der Waals surface area contributed by atoms with Crippen LogP contribution < -0.4 is 10.1 Å². The highest BCUT2D eigenvalue weighted by Crippen LogP contribution is 2.23. The summed E-state index contributed by atoms with van der Waals surface area (Å²) >= 11 is 0. The zero-order valence-electron chi connectivity index (χ0n) is 15.1. The van der Waals surface area contributed by atoms with Gasteiger partial charge in [0.2, 0.25) is 11.8 Å². The van der Waals surface area contributed by atoms with Crippen molar-refractivity contribution in [1.82, 2.24) is 10.3 Å². The quantitative estimate of drug-likeness (QED) is 0.654. The molecule has 5 heteroatoms. The van der Waals surface area contributed by atoms with E-state index in [2.05, 4.69) is 10.3 Å². The Hall–Kier alpha value is -3.21. The van der Waals surface area contributed by atoms with Gasteiger partial charge in [-0.25, -0.2) is 9.37 Å². The van der Waals surface area contributed by atoms with Crippen LogP contribution in [0.2, 0.25) is 0 Å². The molecule has 0 fully saturated rings. The van der Waals surface area contributed by atoms with Crippen LogP contribution in [0.15, 0.2) is 72.9 Å². The molecule has 1 heterocycles. The Morgan fingerprint density at radius 3 is 2.70 bits per heavy atom. The van der Waals surface area contributed by atoms with Crippen molar-refractivity contribution in [2.75, 3.05) is 0 Å². The molecular weight excluding hydrogens is 343 g/mol. The molecule has 3 aromatic rings. The largest absolute Gasteiger partial charge is 0.439 e. The fourth-order valence-corrected chi connectivity index (χ4v) is 2.74. The number of nitrogens with zero attached hydrogens (tertiary/aromatic N) is 1. The van der Waals surface area contributed by atoms with E-state index in [9.17, 15) is 9.18 Å². The zero-order chi connectivity index (χ0) is 19.1. The molecule has 0 saturated heterocycles. The van der Waals surface area contributed by atoms with Crippen molar-refractivity contribution in [3.05, 3.63) is 89.9 Å². The number of halogens is 1. The molecule has 1 aromatic heterocycles. The second-order valence-corrected chi connectivity index (χ2v) is 6.32.